The first-order valence-corrected chi connectivity index (χ1v) is 13.4. The molecule has 0 bridgehead atoms. The van der Waals surface area contributed by atoms with Crippen LogP contribution in [0, 0.1) is 11.8 Å². The molecule has 1 aliphatic carbocycles. The summed E-state index contributed by atoms with van der Waals surface area (Å²) in [5, 5.41) is 25.2. The monoisotopic (exact) mass is 514 g/mol. The van der Waals surface area contributed by atoms with E-state index in [1.165, 1.54) is 0 Å². The fourth-order valence-corrected chi connectivity index (χ4v) is 5.80. The van der Waals surface area contributed by atoms with Crippen molar-refractivity contribution in [2.24, 2.45) is 11.8 Å². The number of hydrogen-bond donors (Lipinski definition) is 2. The standard InChI is InChI=1S/C27H31ClN2O4S/c28-23-8-4-7-22(15-23)25-26(21-5-2-1-3-6-21)29-30(27(25)35-14-13-31)16-19-9-11-20(12-10-19)17-34-18-24(32)33/h1-8,15,19-20,31H,9-14,16-18H2,(H,32,33)/t19-,20-. The molecule has 1 aliphatic rings. The van der Waals surface area contributed by atoms with Crippen LogP contribution in [0.25, 0.3) is 22.4 Å². The molecule has 1 saturated carbocycles. The third-order valence-electron chi connectivity index (χ3n) is 6.37. The first-order valence-electron chi connectivity index (χ1n) is 12.0. The minimum absolute atomic E-state index is 0.0902. The molecule has 0 amide bonds. The number of ether oxygens (including phenoxy) is 1. The third-order valence-corrected chi connectivity index (χ3v) is 7.68. The first-order chi connectivity index (χ1) is 17.0. The number of nitrogens with zero attached hydrogens (tertiary/aromatic N) is 2. The van der Waals surface area contributed by atoms with Gasteiger partial charge < -0.3 is 14.9 Å². The zero-order valence-electron chi connectivity index (χ0n) is 19.6. The van der Waals surface area contributed by atoms with Crippen LogP contribution in [-0.2, 0) is 16.1 Å². The first kappa shape index (κ1) is 25.8. The largest absolute Gasteiger partial charge is 0.480 e. The number of hydrogen-bond acceptors (Lipinski definition) is 5. The van der Waals surface area contributed by atoms with Gasteiger partial charge in [-0.05, 0) is 55.2 Å². The van der Waals surface area contributed by atoms with E-state index < -0.39 is 5.97 Å². The number of carboxylic acid groups (broad SMARTS) is 1. The quantitative estimate of drug-likeness (QED) is 0.312. The molecule has 2 N–H and O–H groups in total. The normalized spacial score (nSPS) is 18.0. The van der Waals surface area contributed by atoms with Crippen LogP contribution in [0.2, 0.25) is 5.02 Å². The third kappa shape index (κ3) is 6.88. The molecule has 0 atom stereocenters. The predicted octanol–water partition coefficient (Wildman–Crippen LogP) is 5.86. The summed E-state index contributed by atoms with van der Waals surface area (Å²) in [5.41, 5.74) is 4.03. The van der Waals surface area contributed by atoms with Gasteiger partial charge in [-0.25, -0.2) is 4.79 Å². The highest BCUT2D eigenvalue weighted by Crippen LogP contribution is 2.41. The molecule has 4 rings (SSSR count). The summed E-state index contributed by atoms with van der Waals surface area (Å²) in [6, 6.07) is 18.0. The number of benzene rings is 2. The smallest absolute Gasteiger partial charge is 0.329 e. The van der Waals surface area contributed by atoms with Gasteiger partial charge in [0.2, 0.25) is 0 Å². The molecule has 0 spiro atoms. The minimum atomic E-state index is -0.921. The van der Waals surface area contributed by atoms with E-state index in [4.69, 9.17) is 26.5 Å². The summed E-state index contributed by atoms with van der Waals surface area (Å²) in [6.07, 6.45) is 4.16. The van der Waals surface area contributed by atoms with Crippen molar-refractivity contribution in [3.63, 3.8) is 0 Å². The zero-order chi connectivity index (χ0) is 24.6. The second-order valence-electron chi connectivity index (χ2n) is 8.95. The molecule has 2 aromatic carbocycles. The van der Waals surface area contributed by atoms with E-state index in [1.54, 1.807) is 11.8 Å². The number of aromatic nitrogens is 2. The second kappa shape index (κ2) is 12.6. The van der Waals surface area contributed by atoms with Crippen LogP contribution in [0.15, 0.2) is 59.6 Å². The molecule has 0 unspecified atom stereocenters. The summed E-state index contributed by atoms with van der Waals surface area (Å²) in [7, 11) is 0. The molecular weight excluding hydrogens is 484 g/mol. The maximum absolute atomic E-state index is 10.7. The Morgan fingerprint density at radius 1 is 1.06 bits per heavy atom. The lowest BCUT2D eigenvalue weighted by Crippen LogP contribution is -2.23. The van der Waals surface area contributed by atoms with Gasteiger partial charge in [-0.1, -0.05) is 54.1 Å². The van der Waals surface area contributed by atoms with Gasteiger partial charge in [0.05, 0.1) is 13.2 Å². The maximum atomic E-state index is 10.7. The molecule has 35 heavy (non-hydrogen) atoms. The number of halogens is 1. The van der Waals surface area contributed by atoms with Crippen molar-refractivity contribution in [2.75, 3.05) is 25.6 Å². The van der Waals surface area contributed by atoms with Crippen molar-refractivity contribution in [3.05, 3.63) is 59.6 Å². The number of aliphatic hydroxyl groups excluding tert-OH is 1. The lowest BCUT2D eigenvalue weighted by atomic mass is 9.82. The lowest BCUT2D eigenvalue weighted by molar-refractivity contribution is -0.142. The Labute approximate surface area is 215 Å². The number of carbonyl (C=O) groups is 1. The Kier molecular flexibility index (Phi) is 9.26. The summed E-state index contributed by atoms with van der Waals surface area (Å²) < 4.78 is 7.44. The molecule has 0 aliphatic heterocycles. The van der Waals surface area contributed by atoms with E-state index >= 15 is 0 Å². The Hall–Kier alpha value is -2.32. The van der Waals surface area contributed by atoms with Gasteiger partial charge in [-0.2, -0.15) is 5.10 Å². The van der Waals surface area contributed by atoms with E-state index in [-0.39, 0.29) is 13.2 Å². The minimum Gasteiger partial charge on any atom is -0.480 e. The average Bonchev–Trinajstić information content (AvgIpc) is 3.22. The van der Waals surface area contributed by atoms with Crippen molar-refractivity contribution >= 4 is 29.3 Å². The number of thioether (sulfide) groups is 1. The van der Waals surface area contributed by atoms with Crippen LogP contribution in [0.4, 0.5) is 0 Å². The average molecular weight is 515 g/mol. The van der Waals surface area contributed by atoms with E-state index in [0.717, 1.165) is 59.6 Å². The van der Waals surface area contributed by atoms with Crippen LogP contribution in [0.3, 0.4) is 0 Å². The topological polar surface area (TPSA) is 84.6 Å². The van der Waals surface area contributed by atoms with Crippen LogP contribution < -0.4 is 0 Å². The molecular formula is C27H31ClN2O4S. The number of carboxylic acids is 1. The Morgan fingerprint density at radius 3 is 2.46 bits per heavy atom. The Balaban J connectivity index is 1.60. The van der Waals surface area contributed by atoms with Gasteiger partial charge in [0.15, 0.2) is 0 Å². The Bertz CT molecular complexity index is 1110. The van der Waals surface area contributed by atoms with Gasteiger partial charge in [0.1, 0.15) is 17.3 Å². The van der Waals surface area contributed by atoms with Crippen LogP contribution in [-0.4, -0.2) is 51.5 Å². The van der Waals surface area contributed by atoms with Crippen molar-refractivity contribution in [3.8, 4) is 22.4 Å². The fraction of sp³-hybridized carbons (Fsp3) is 0.407. The van der Waals surface area contributed by atoms with Gasteiger partial charge in [-0.15, -0.1) is 11.8 Å². The number of rotatable bonds is 11. The number of aliphatic hydroxyl groups is 1. The van der Waals surface area contributed by atoms with Crippen molar-refractivity contribution in [2.45, 2.75) is 37.3 Å². The van der Waals surface area contributed by atoms with Gasteiger partial charge in [-0.3, -0.25) is 4.68 Å². The SMILES string of the molecule is O=C(O)COC[C@H]1CC[C@H](Cn2nc(-c3ccccc3)c(-c3cccc(Cl)c3)c2SCCO)CC1. The summed E-state index contributed by atoms with van der Waals surface area (Å²) in [6.45, 7) is 1.17. The van der Waals surface area contributed by atoms with Crippen molar-refractivity contribution < 1.29 is 19.7 Å². The molecule has 1 aromatic heterocycles. The molecule has 1 fully saturated rings. The lowest BCUT2D eigenvalue weighted by Gasteiger charge is -2.28. The van der Waals surface area contributed by atoms with E-state index in [2.05, 4.69) is 22.9 Å². The van der Waals surface area contributed by atoms with Crippen molar-refractivity contribution in [1.82, 2.24) is 9.78 Å². The van der Waals surface area contributed by atoms with E-state index in [0.29, 0.717) is 29.2 Å². The zero-order valence-corrected chi connectivity index (χ0v) is 21.2. The van der Waals surface area contributed by atoms with Crippen LogP contribution in [0.5, 0.6) is 0 Å². The van der Waals surface area contributed by atoms with E-state index in [9.17, 15) is 9.90 Å². The predicted molar refractivity (Wildman–Crippen MR) is 140 cm³/mol. The summed E-state index contributed by atoms with van der Waals surface area (Å²) in [5.74, 6) is 0.555. The molecule has 6 nitrogen and oxygen atoms in total. The molecule has 0 saturated heterocycles. The molecule has 0 radical (unpaired) electrons. The highest BCUT2D eigenvalue weighted by molar-refractivity contribution is 7.99. The molecule has 3 aromatic rings. The van der Waals surface area contributed by atoms with Crippen LogP contribution in [0.1, 0.15) is 25.7 Å². The van der Waals surface area contributed by atoms with E-state index in [1.807, 2.05) is 36.4 Å². The van der Waals surface area contributed by atoms with Gasteiger partial charge in [0, 0.05) is 28.4 Å². The second-order valence-corrected chi connectivity index (χ2v) is 10.5. The Morgan fingerprint density at radius 2 is 1.77 bits per heavy atom. The fourth-order valence-electron chi connectivity index (χ4n) is 4.70. The van der Waals surface area contributed by atoms with Crippen molar-refractivity contribution in [1.29, 1.82) is 0 Å². The van der Waals surface area contributed by atoms with Crippen LogP contribution >= 0.6 is 23.4 Å². The maximum Gasteiger partial charge on any atom is 0.329 e. The van der Waals surface area contributed by atoms with Gasteiger partial charge in [0.25, 0.3) is 0 Å². The number of aliphatic carboxylic acids is 1. The molecule has 8 heteroatoms. The highest BCUT2D eigenvalue weighted by atomic mass is 35.5. The molecule has 1 heterocycles. The molecule has 186 valence electrons. The highest BCUT2D eigenvalue weighted by Gasteiger charge is 2.26. The summed E-state index contributed by atoms with van der Waals surface area (Å²) >= 11 is 7.99. The van der Waals surface area contributed by atoms with Gasteiger partial charge >= 0.3 is 5.97 Å². The summed E-state index contributed by atoms with van der Waals surface area (Å²) in [4.78, 5) is 10.7.